The van der Waals surface area contributed by atoms with Crippen molar-refractivity contribution < 1.29 is 14.7 Å². The average Bonchev–Trinajstić information content (AvgIpc) is 3.31. The topological polar surface area (TPSA) is 69.6 Å². The smallest absolute Gasteiger partial charge is 0.264 e. The highest BCUT2D eigenvalue weighted by molar-refractivity contribution is 7.18. The Morgan fingerprint density at radius 2 is 1.95 bits per heavy atom. The van der Waals surface area contributed by atoms with Crippen LogP contribution >= 0.6 is 11.3 Å². The maximum Gasteiger partial charge on any atom is 0.264 e. The van der Waals surface area contributed by atoms with Crippen LogP contribution in [-0.4, -0.2) is 40.5 Å². The van der Waals surface area contributed by atoms with E-state index in [1.165, 1.54) is 11.3 Å². The minimum atomic E-state index is -0.643. The normalized spacial score (nSPS) is 23.6. The minimum Gasteiger partial charge on any atom is -0.386 e. The largest absolute Gasteiger partial charge is 0.386 e. The number of likely N-dealkylation sites (tertiary alicyclic amines) is 1. The van der Waals surface area contributed by atoms with Gasteiger partial charge in [0.05, 0.1) is 23.0 Å². The molecule has 2 amide bonds. The lowest BCUT2D eigenvalue weighted by Gasteiger charge is -2.46. The van der Waals surface area contributed by atoms with Gasteiger partial charge in [0.1, 0.15) is 5.60 Å². The third-order valence-electron chi connectivity index (χ3n) is 4.57. The molecule has 1 saturated heterocycles. The van der Waals surface area contributed by atoms with Gasteiger partial charge in [0.25, 0.3) is 5.91 Å². The van der Waals surface area contributed by atoms with Crippen LogP contribution in [0.3, 0.4) is 0 Å². The summed E-state index contributed by atoms with van der Waals surface area (Å²) in [7, 11) is 0. The summed E-state index contributed by atoms with van der Waals surface area (Å²) in [4.78, 5) is 26.3. The fourth-order valence-electron chi connectivity index (χ4n) is 2.88. The van der Waals surface area contributed by atoms with Gasteiger partial charge in [-0.2, -0.15) is 0 Å². The van der Waals surface area contributed by atoms with Gasteiger partial charge in [-0.15, -0.1) is 11.3 Å². The standard InChI is InChI=1S/C15H18N2O3S/c18-13(9-1-2-9)16-12-6-5-11(21-12)14(19)17-7-15(20,8-17)10-3-4-10/h5-6,9-10,20H,1-4,7-8H2,(H,16,18). The van der Waals surface area contributed by atoms with E-state index >= 15 is 0 Å². The number of amides is 2. The lowest BCUT2D eigenvalue weighted by molar-refractivity contribution is -0.117. The Morgan fingerprint density at radius 1 is 1.24 bits per heavy atom. The second-order valence-electron chi connectivity index (χ2n) is 6.47. The van der Waals surface area contributed by atoms with Gasteiger partial charge in [0.15, 0.2) is 0 Å². The van der Waals surface area contributed by atoms with E-state index in [0.717, 1.165) is 30.7 Å². The van der Waals surface area contributed by atoms with Crippen LogP contribution in [0.15, 0.2) is 12.1 Å². The second kappa shape index (κ2) is 4.55. The summed E-state index contributed by atoms with van der Waals surface area (Å²) in [6.45, 7) is 0.885. The van der Waals surface area contributed by atoms with Gasteiger partial charge in [0.2, 0.25) is 5.91 Å². The highest BCUT2D eigenvalue weighted by Gasteiger charge is 2.53. The van der Waals surface area contributed by atoms with Crippen LogP contribution in [0.2, 0.25) is 0 Å². The van der Waals surface area contributed by atoms with Crippen molar-refractivity contribution in [2.45, 2.75) is 31.3 Å². The van der Waals surface area contributed by atoms with E-state index in [1.807, 2.05) is 0 Å². The number of hydrogen-bond donors (Lipinski definition) is 2. The monoisotopic (exact) mass is 306 g/mol. The molecule has 3 aliphatic rings. The third-order valence-corrected chi connectivity index (χ3v) is 5.55. The summed E-state index contributed by atoms with van der Waals surface area (Å²) in [6.07, 6.45) is 4.09. The highest BCUT2D eigenvalue weighted by atomic mass is 32.1. The van der Waals surface area contributed by atoms with Crippen LogP contribution in [0.1, 0.15) is 35.4 Å². The van der Waals surface area contributed by atoms with Gasteiger partial charge < -0.3 is 15.3 Å². The van der Waals surface area contributed by atoms with E-state index in [9.17, 15) is 14.7 Å². The highest BCUT2D eigenvalue weighted by Crippen LogP contribution is 2.45. The fraction of sp³-hybridized carbons (Fsp3) is 0.600. The molecule has 3 fully saturated rings. The first-order valence-corrected chi connectivity index (χ1v) is 8.29. The first kappa shape index (κ1) is 13.3. The van der Waals surface area contributed by atoms with Crippen molar-refractivity contribution in [3.63, 3.8) is 0 Å². The molecule has 2 saturated carbocycles. The summed E-state index contributed by atoms with van der Waals surface area (Å²) in [5.41, 5.74) is -0.643. The lowest BCUT2D eigenvalue weighted by atomic mass is 9.88. The van der Waals surface area contributed by atoms with Gasteiger partial charge in [-0.25, -0.2) is 0 Å². The van der Waals surface area contributed by atoms with Crippen LogP contribution < -0.4 is 5.32 Å². The Bertz CT molecular complexity index is 598. The minimum absolute atomic E-state index is 0.0442. The molecule has 0 radical (unpaired) electrons. The molecule has 1 aliphatic heterocycles. The van der Waals surface area contributed by atoms with Crippen LogP contribution in [0.4, 0.5) is 5.00 Å². The Balaban J connectivity index is 1.36. The fourth-order valence-corrected chi connectivity index (χ4v) is 3.76. The van der Waals surface area contributed by atoms with E-state index in [4.69, 9.17) is 0 Å². The second-order valence-corrected chi connectivity index (χ2v) is 7.55. The molecule has 4 rings (SSSR count). The zero-order chi connectivity index (χ0) is 14.6. The van der Waals surface area contributed by atoms with Crippen LogP contribution in [0.5, 0.6) is 0 Å². The SMILES string of the molecule is O=C(Nc1ccc(C(=O)N2CC(O)(C3CC3)C2)s1)C1CC1. The first-order valence-electron chi connectivity index (χ1n) is 7.47. The number of anilines is 1. The molecule has 0 bridgehead atoms. The number of thiophene rings is 1. The molecule has 0 spiro atoms. The van der Waals surface area contributed by atoms with Crippen molar-refractivity contribution >= 4 is 28.2 Å². The van der Waals surface area contributed by atoms with Gasteiger partial charge >= 0.3 is 0 Å². The van der Waals surface area contributed by atoms with Crippen molar-refractivity contribution in [1.29, 1.82) is 0 Å². The molecule has 2 heterocycles. The Morgan fingerprint density at radius 3 is 2.57 bits per heavy atom. The number of nitrogens with zero attached hydrogens (tertiary/aromatic N) is 1. The molecule has 0 unspecified atom stereocenters. The van der Waals surface area contributed by atoms with Crippen LogP contribution in [0, 0.1) is 11.8 Å². The average molecular weight is 306 g/mol. The summed E-state index contributed by atoms with van der Waals surface area (Å²) >= 11 is 1.31. The quantitative estimate of drug-likeness (QED) is 0.889. The van der Waals surface area contributed by atoms with Crippen molar-refractivity contribution in [2.75, 3.05) is 18.4 Å². The predicted octanol–water partition coefficient (Wildman–Crippen LogP) is 1.69. The molecule has 0 atom stereocenters. The Hall–Kier alpha value is -1.40. The molecule has 6 heteroatoms. The molecule has 1 aromatic heterocycles. The molecule has 0 aromatic carbocycles. The van der Waals surface area contributed by atoms with Crippen molar-refractivity contribution in [2.24, 2.45) is 11.8 Å². The lowest BCUT2D eigenvalue weighted by Crippen LogP contribution is -2.64. The van der Waals surface area contributed by atoms with E-state index < -0.39 is 5.60 Å². The maximum absolute atomic E-state index is 12.3. The summed E-state index contributed by atoms with van der Waals surface area (Å²) in [5.74, 6) is 0.564. The molecular formula is C15H18N2O3S. The Labute approximate surface area is 126 Å². The van der Waals surface area contributed by atoms with Crippen LogP contribution in [-0.2, 0) is 4.79 Å². The Kier molecular flexibility index (Phi) is 2.87. The first-order chi connectivity index (χ1) is 10.0. The van der Waals surface area contributed by atoms with Gasteiger partial charge in [-0.05, 0) is 43.7 Å². The summed E-state index contributed by atoms with van der Waals surface area (Å²) in [5, 5.41) is 13.8. The zero-order valence-corrected chi connectivity index (χ0v) is 12.5. The molecule has 112 valence electrons. The molecule has 1 aromatic rings. The summed E-state index contributed by atoms with van der Waals surface area (Å²) in [6, 6.07) is 3.54. The van der Waals surface area contributed by atoms with Crippen molar-refractivity contribution in [1.82, 2.24) is 4.90 Å². The van der Waals surface area contributed by atoms with E-state index in [-0.39, 0.29) is 17.7 Å². The van der Waals surface area contributed by atoms with E-state index in [1.54, 1.807) is 17.0 Å². The zero-order valence-electron chi connectivity index (χ0n) is 11.7. The molecule has 2 N–H and O–H groups in total. The molecule has 21 heavy (non-hydrogen) atoms. The number of carbonyl (C=O) groups is 2. The van der Waals surface area contributed by atoms with Crippen LogP contribution in [0.25, 0.3) is 0 Å². The number of aliphatic hydroxyl groups is 1. The van der Waals surface area contributed by atoms with Crippen molar-refractivity contribution in [3.8, 4) is 0 Å². The van der Waals surface area contributed by atoms with Gasteiger partial charge in [-0.1, -0.05) is 0 Å². The van der Waals surface area contributed by atoms with E-state index in [2.05, 4.69) is 5.32 Å². The molecular weight excluding hydrogens is 288 g/mol. The maximum atomic E-state index is 12.3. The molecule has 5 nitrogen and oxygen atoms in total. The summed E-state index contributed by atoms with van der Waals surface area (Å²) < 4.78 is 0. The molecule has 2 aliphatic carbocycles. The number of nitrogens with one attached hydrogen (secondary N) is 1. The number of carbonyl (C=O) groups excluding carboxylic acids is 2. The predicted molar refractivity (Wildman–Crippen MR) is 79.3 cm³/mol. The number of hydrogen-bond acceptors (Lipinski definition) is 4. The van der Waals surface area contributed by atoms with Gasteiger partial charge in [-0.3, -0.25) is 9.59 Å². The number of rotatable bonds is 4. The van der Waals surface area contributed by atoms with Crippen molar-refractivity contribution in [3.05, 3.63) is 17.0 Å². The number of β-amino-alcohol motifs (C(OH)–C–C–N with tert-alkyl or cyclic N) is 1. The van der Waals surface area contributed by atoms with Gasteiger partial charge in [0, 0.05) is 5.92 Å². The third kappa shape index (κ3) is 2.46. The van der Waals surface area contributed by atoms with E-state index in [0.29, 0.717) is 23.9 Å².